The minimum absolute atomic E-state index is 0.278. The molecule has 1 aromatic heterocycles. The van der Waals surface area contributed by atoms with Crippen LogP contribution in [0, 0.1) is 18.3 Å². The highest BCUT2D eigenvalue weighted by Crippen LogP contribution is 2.25. The highest BCUT2D eigenvalue weighted by Gasteiger charge is 2.09. The molecule has 0 saturated heterocycles. The number of pyridine rings is 1. The van der Waals surface area contributed by atoms with Crippen LogP contribution in [0.5, 0.6) is 0 Å². The number of anilines is 3. The van der Waals surface area contributed by atoms with Crippen LogP contribution >= 0.6 is 11.6 Å². The van der Waals surface area contributed by atoms with Gasteiger partial charge >= 0.3 is 0 Å². The van der Waals surface area contributed by atoms with Crippen LogP contribution in [0.3, 0.4) is 0 Å². The van der Waals surface area contributed by atoms with Gasteiger partial charge in [-0.1, -0.05) is 23.7 Å². The summed E-state index contributed by atoms with van der Waals surface area (Å²) < 4.78 is 0. The number of carbonyl (C=O) groups excluding carboxylic acids is 1. The molecule has 0 aliphatic heterocycles. The maximum atomic E-state index is 12.3. The van der Waals surface area contributed by atoms with Crippen molar-refractivity contribution in [1.82, 2.24) is 4.98 Å². The van der Waals surface area contributed by atoms with Crippen LogP contribution < -0.4 is 10.6 Å². The first kappa shape index (κ1) is 17.5. The number of benzene rings is 2. The van der Waals surface area contributed by atoms with Crippen molar-refractivity contribution in [3.63, 3.8) is 0 Å². The Morgan fingerprint density at radius 2 is 1.92 bits per heavy atom. The standard InChI is InChI=1S/C20H15ClN4O/c1-13-17(21)6-3-7-18(13)24-16-8-9-19(23-12-16)20(26)25-15-5-2-4-14(10-15)11-22/h2-10,12,24H,1H3,(H,25,26). The lowest BCUT2D eigenvalue weighted by Gasteiger charge is -2.11. The van der Waals surface area contributed by atoms with Gasteiger partial charge < -0.3 is 10.6 Å². The van der Waals surface area contributed by atoms with E-state index in [1.807, 2.05) is 31.2 Å². The summed E-state index contributed by atoms with van der Waals surface area (Å²) >= 11 is 6.12. The summed E-state index contributed by atoms with van der Waals surface area (Å²) in [7, 11) is 0. The molecule has 5 nitrogen and oxygen atoms in total. The number of aromatic nitrogens is 1. The third kappa shape index (κ3) is 4.00. The molecule has 0 aliphatic rings. The Labute approximate surface area is 156 Å². The number of nitriles is 1. The molecule has 6 heteroatoms. The van der Waals surface area contributed by atoms with E-state index in [0.717, 1.165) is 16.9 Å². The molecule has 128 valence electrons. The van der Waals surface area contributed by atoms with E-state index in [2.05, 4.69) is 15.6 Å². The first-order valence-corrected chi connectivity index (χ1v) is 8.24. The molecule has 0 atom stereocenters. The first-order chi connectivity index (χ1) is 12.6. The number of nitrogens with one attached hydrogen (secondary N) is 2. The molecule has 0 aliphatic carbocycles. The lowest BCUT2D eigenvalue weighted by molar-refractivity contribution is 0.102. The Morgan fingerprint density at radius 3 is 2.65 bits per heavy atom. The van der Waals surface area contributed by atoms with Gasteiger partial charge in [0.2, 0.25) is 0 Å². The molecule has 0 bridgehead atoms. The number of halogens is 1. The molecule has 3 aromatic rings. The minimum Gasteiger partial charge on any atom is -0.354 e. The summed E-state index contributed by atoms with van der Waals surface area (Å²) in [5.41, 5.74) is 3.87. The second-order valence-corrected chi connectivity index (χ2v) is 6.02. The monoisotopic (exact) mass is 362 g/mol. The Morgan fingerprint density at radius 1 is 1.12 bits per heavy atom. The van der Waals surface area contributed by atoms with Gasteiger partial charge in [0.05, 0.1) is 23.5 Å². The molecule has 1 heterocycles. The summed E-state index contributed by atoms with van der Waals surface area (Å²) in [6.07, 6.45) is 1.58. The van der Waals surface area contributed by atoms with Crippen LogP contribution in [0.4, 0.5) is 17.1 Å². The lowest BCUT2D eigenvalue weighted by Crippen LogP contribution is -2.13. The van der Waals surface area contributed by atoms with Gasteiger partial charge in [0, 0.05) is 16.4 Å². The maximum absolute atomic E-state index is 12.3. The van der Waals surface area contributed by atoms with Crippen molar-refractivity contribution in [2.45, 2.75) is 6.92 Å². The van der Waals surface area contributed by atoms with Crippen LogP contribution in [0.1, 0.15) is 21.6 Å². The molecule has 1 amide bonds. The van der Waals surface area contributed by atoms with Crippen molar-refractivity contribution < 1.29 is 4.79 Å². The van der Waals surface area contributed by atoms with E-state index in [1.165, 1.54) is 0 Å². The highest BCUT2D eigenvalue weighted by molar-refractivity contribution is 6.31. The lowest BCUT2D eigenvalue weighted by atomic mass is 10.2. The second-order valence-electron chi connectivity index (χ2n) is 5.62. The molecule has 0 radical (unpaired) electrons. The average molecular weight is 363 g/mol. The molecule has 2 N–H and O–H groups in total. The molecule has 0 spiro atoms. The fraction of sp³-hybridized carbons (Fsp3) is 0.0500. The summed E-state index contributed by atoms with van der Waals surface area (Å²) in [5, 5.41) is 15.5. The minimum atomic E-state index is -0.342. The number of rotatable bonds is 4. The fourth-order valence-corrected chi connectivity index (χ4v) is 2.54. The van der Waals surface area contributed by atoms with E-state index < -0.39 is 0 Å². The van der Waals surface area contributed by atoms with Crippen LogP contribution in [0.25, 0.3) is 0 Å². The molecule has 0 saturated carbocycles. The molecular formula is C20H15ClN4O. The Bertz CT molecular complexity index is 993. The Balaban J connectivity index is 1.71. The maximum Gasteiger partial charge on any atom is 0.274 e. The van der Waals surface area contributed by atoms with Gasteiger partial charge in [0.15, 0.2) is 0 Å². The second kappa shape index (κ2) is 7.68. The normalized spacial score (nSPS) is 10.0. The van der Waals surface area contributed by atoms with Crippen molar-refractivity contribution in [3.8, 4) is 6.07 Å². The predicted octanol–water partition coefficient (Wildman–Crippen LogP) is 4.91. The van der Waals surface area contributed by atoms with Gasteiger partial charge in [0.25, 0.3) is 5.91 Å². The van der Waals surface area contributed by atoms with Gasteiger partial charge in [0.1, 0.15) is 5.69 Å². The third-order valence-corrected chi connectivity index (χ3v) is 4.20. The molecule has 0 fully saturated rings. The van der Waals surface area contributed by atoms with E-state index in [-0.39, 0.29) is 11.6 Å². The topological polar surface area (TPSA) is 77.8 Å². The summed E-state index contributed by atoms with van der Waals surface area (Å²) in [6, 6.07) is 17.8. The van der Waals surface area contributed by atoms with Gasteiger partial charge in [-0.05, 0) is 55.0 Å². The highest BCUT2D eigenvalue weighted by atomic mass is 35.5. The summed E-state index contributed by atoms with van der Waals surface area (Å²) in [6.45, 7) is 1.93. The number of carbonyl (C=O) groups is 1. The number of hydrogen-bond acceptors (Lipinski definition) is 4. The van der Waals surface area contributed by atoms with E-state index in [4.69, 9.17) is 16.9 Å². The molecule has 3 rings (SSSR count). The predicted molar refractivity (Wildman–Crippen MR) is 103 cm³/mol. The average Bonchev–Trinajstić information content (AvgIpc) is 2.66. The molecule has 26 heavy (non-hydrogen) atoms. The van der Waals surface area contributed by atoms with Crippen LogP contribution in [-0.2, 0) is 0 Å². The van der Waals surface area contributed by atoms with Crippen molar-refractivity contribution in [2.75, 3.05) is 10.6 Å². The fourth-order valence-electron chi connectivity index (χ4n) is 2.36. The molecular weight excluding hydrogens is 348 g/mol. The zero-order chi connectivity index (χ0) is 18.5. The van der Waals surface area contributed by atoms with Crippen molar-refractivity contribution in [1.29, 1.82) is 5.26 Å². The quantitative estimate of drug-likeness (QED) is 0.691. The zero-order valence-corrected chi connectivity index (χ0v) is 14.7. The van der Waals surface area contributed by atoms with Gasteiger partial charge in [-0.15, -0.1) is 0 Å². The summed E-state index contributed by atoms with van der Waals surface area (Å²) in [5.74, 6) is -0.342. The van der Waals surface area contributed by atoms with Gasteiger partial charge in [-0.25, -0.2) is 4.98 Å². The third-order valence-electron chi connectivity index (χ3n) is 3.79. The van der Waals surface area contributed by atoms with E-state index in [0.29, 0.717) is 16.3 Å². The number of hydrogen-bond donors (Lipinski definition) is 2. The molecule has 2 aromatic carbocycles. The smallest absolute Gasteiger partial charge is 0.274 e. The van der Waals surface area contributed by atoms with E-state index >= 15 is 0 Å². The Hall–Kier alpha value is -3.36. The SMILES string of the molecule is Cc1c(Cl)cccc1Nc1ccc(C(=O)Nc2cccc(C#N)c2)nc1. The van der Waals surface area contributed by atoms with Crippen molar-refractivity contribution >= 4 is 34.6 Å². The molecule has 0 unspecified atom stereocenters. The van der Waals surface area contributed by atoms with Gasteiger partial charge in [-0.2, -0.15) is 5.26 Å². The first-order valence-electron chi connectivity index (χ1n) is 7.86. The van der Waals surface area contributed by atoms with E-state index in [9.17, 15) is 4.79 Å². The summed E-state index contributed by atoms with van der Waals surface area (Å²) in [4.78, 5) is 16.5. The van der Waals surface area contributed by atoms with Crippen molar-refractivity contribution in [2.24, 2.45) is 0 Å². The largest absolute Gasteiger partial charge is 0.354 e. The van der Waals surface area contributed by atoms with E-state index in [1.54, 1.807) is 42.6 Å². The zero-order valence-electron chi connectivity index (χ0n) is 14.0. The van der Waals surface area contributed by atoms with Gasteiger partial charge in [-0.3, -0.25) is 4.79 Å². The van der Waals surface area contributed by atoms with Crippen LogP contribution in [0.2, 0.25) is 5.02 Å². The Kier molecular flexibility index (Phi) is 5.16. The number of amides is 1. The number of nitrogens with zero attached hydrogens (tertiary/aromatic N) is 2. The van der Waals surface area contributed by atoms with Crippen molar-refractivity contribution in [3.05, 3.63) is 82.6 Å². The van der Waals surface area contributed by atoms with Crippen LogP contribution in [0.15, 0.2) is 60.8 Å². The van der Waals surface area contributed by atoms with Crippen LogP contribution in [-0.4, -0.2) is 10.9 Å².